The maximum absolute atomic E-state index is 5.77. The van der Waals surface area contributed by atoms with Gasteiger partial charge < -0.3 is 10.5 Å². The molecular weight excluding hydrogens is 328 g/mol. The van der Waals surface area contributed by atoms with Gasteiger partial charge in [0.25, 0.3) is 0 Å². The zero-order valence-electron chi connectivity index (χ0n) is 12.3. The van der Waals surface area contributed by atoms with Crippen LogP contribution >= 0.6 is 15.9 Å². The summed E-state index contributed by atoms with van der Waals surface area (Å²) in [6, 6.07) is 16.0. The van der Waals surface area contributed by atoms with Gasteiger partial charge in [0.15, 0.2) is 0 Å². The number of nitrogens with two attached hydrogens (primary N) is 1. The first-order chi connectivity index (χ1) is 10.2. The minimum Gasteiger partial charge on any atom is -0.492 e. The van der Waals surface area contributed by atoms with E-state index in [0.29, 0.717) is 6.61 Å². The molecule has 0 spiro atoms. The first-order valence-electron chi connectivity index (χ1n) is 7.12. The van der Waals surface area contributed by atoms with E-state index in [1.807, 2.05) is 36.4 Å². The summed E-state index contributed by atoms with van der Waals surface area (Å²) in [5, 5.41) is 0. The maximum atomic E-state index is 5.77. The van der Waals surface area contributed by atoms with Crippen LogP contribution in [-0.2, 0) is 6.54 Å². The summed E-state index contributed by atoms with van der Waals surface area (Å²) in [7, 11) is 0. The van der Waals surface area contributed by atoms with Gasteiger partial charge in [-0.3, -0.25) is 4.90 Å². The summed E-state index contributed by atoms with van der Waals surface area (Å²) >= 11 is 3.42. The molecule has 0 amide bonds. The van der Waals surface area contributed by atoms with E-state index in [-0.39, 0.29) is 0 Å². The molecule has 0 saturated carbocycles. The van der Waals surface area contributed by atoms with Crippen molar-refractivity contribution in [2.24, 2.45) is 0 Å². The quantitative estimate of drug-likeness (QED) is 0.770. The molecule has 2 aromatic rings. The summed E-state index contributed by atoms with van der Waals surface area (Å²) in [6.45, 7) is 5.66. The molecular formula is C17H21BrN2O. The predicted molar refractivity (Wildman–Crippen MR) is 91.4 cm³/mol. The highest BCUT2D eigenvalue weighted by molar-refractivity contribution is 9.10. The minimum atomic E-state index is 0.685. The van der Waals surface area contributed by atoms with Crippen molar-refractivity contribution in [3.8, 4) is 5.75 Å². The van der Waals surface area contributed by atoms with Crippen LogP contribution in [0.2, 0.25) is 0 Å². The lowest BCUT2D eigenvalue weighted by Gasteiger charge is -2.20. The second-order valence-corrected chi connectivity index (χ2v) is 5.83. The summed E-state index contributed by atoms with van der Waals surface area (Å²) in [4.78, 5) is 2.35. The molecule has 0 aliphatic carbocycles. The molecule has 0 bridgehead atoms. The number of halogens is 1. The van der Waals surface area contributed by atoms with Gasteiger partial charge in [-0.1, -0.05) is 35.0 Å². The average Bonchev–Trinajstić information content (AvgIpc) is 2.50. The monoisotopic (exact) mass is 348 g/mol. The molecule has 0 aliphatic heterocycles. The first kappa shape index (κ1) is 15.9. The van der Waals surface area contributed by atoms with Crippen molar-refractivity contribution in [1.82, 2.24) is 4.90 Å². The van der Waals surface area contributed by atoms with E-state index in [9.17, 15) is 0 Å². The summed E-state index contributed by atoms with van der Waals surface area (Å²) < 4.78 is 6.83. The van der Waals surface area contributed by atoms with E-state index >= 15 is 0 Å². The SMILES string of the molecule is CCN(CCOc1ccc(Br)cc1)Cc1ccc(N)cc1. The zero-order valence-corrected chi connectivity index (χ0v) is 13.8. The van der Waals surface area contributed by atoms with Crippen molar-refractivity contribution in [3.63, 3.8) is 0 Å². The van der Waals surface area contributed by atoms with Gasteiger partial charge >= 0.3 is 0 Å². The van der Waals surface area contributed by atoms with E-state index in [4.69, 9.17) is 10.5 Å². The Morgan fingerprint density at radius 2 is 1.71 bits per heavy atom. The van der Waals surface area contributed by atoms with E-state index in [1.165, 1.54) is 5.56 Å². The molecule has 0 radical (unpaired) electrons. The number of ether oxygens (including phenoxy) is 1. The Kier molecular flexibility index (Phi) is 6.08. The molecule has 0 heterocycles. The standard InChI is InChI=1S/C17H21BrN2O/c1-2-20(13-14-3-7-16(19)8-4-14)11-12-21-17-9-5-15(18)6-10-17/h3-10H,2,11-13,19H2,1H3. The van der Waals surface area contributed by atoms with E-state index in [0.717, 1.165) is 35.5 Å². The molecule has 3 nitrogen and oxygen atoms in total. The molecule has 2 aromatic carbocycles. The average molecular weight is 349 g/mol. The van der Waals surface area contributed by atoms with Crippen molar-refractivity contribution in [1.29, 1.82) is 0 Å². The number of anilines is 1. The molecule has 112 valence electrons. The van der Waals surface area contributed by atoms with Gasteiger partial charge in [0.2, 0.25) is 0 Å². The molecule has 0 fully saturated rings. The molecule has 2 rings (SSSR count). The minimum absolute atomic E-state index is 0.685. The van der Waals surface area contributed by atoms with Crippen LogP contribution in [0.15, 0.2) is 53.0 Å². The fourth-order valence-electron chi connectivity index (χ4n) is 2.05. The summed E-state index contributed by atoms with van der Waals surface area (Å²) in [5.74, 6) is 0.904. The van der Waals surface area contributed by atoms with Gasteiger partial charge in [0, 0.05) is 23.2 Å². The smallest absolute Gasteiger partial charge is 0.119 e. The summed E-state index contributed by atoms with van der Waals surface area (Å²) in [5.41, 5.74) is 7.79. The largest absolute Gasteiger partial charge is 0.492 e. The highest BCUT2D eigenvalue weighted by Gasteiger charge is 2.04. The maximum Gasteiger partial charge on any atom is 0.119 e. The van der Waals surface area contributed by atoms with Gasteiger partial charge in [-0.05, 0) is 48.5 Å². The van der Waals surface area contributed by atoms with Crippen LogP contribution in [0.4, 0.5) is 5.69 Å². The highest BCUT2D eigenvalue weighted by Crippen LogP contribution is 2.16. The number of rotatable bonds is 7. The Balaban J connectivity index is 1.79. The first-order valence-corrected chi connectivity index (χ1v) is 7.92. The molecule has 21 heavy (non-hydrogen) atoms. The van der Waals surface area contributed by atoms with Gasteiger partial charge in [0.05, 0.1) is 0 Å². The van der Waals surface area contributed by atoms with E-state index < -0.39 is 0 Å². The van der Waals surface area contributed by atoms with Crippen LogP contribution in [0.5, 0.6) is 5.75 Å². The van der Waals surface area contributed by atoms with Crippen LogP contribution in [0.1, 0.15) is 12.5 Å². The fourth-order valence-corrected chi connectivity index (χ4v) is 2.32. The van der Waals surface area contributed by atoms with Crippen molar-refractivity contribution in [2.45, 2.75) is 13.5 Å². The van der Waals surface area contributed by atoms with Crippen LogP contribution in [0, 0.1) is 0 Å². The predicted octanol–water partition coefficient (Wildman–Crippen LogP) is 3.93. The van der Waals surface area contributed by atoms with Crippen molar-refractivity contribution in [3.05, 3.63) is 58.6 Å². The zero-order chi connectivity index (χ0) is 15.1. The van der Waals surface area contributed by atoms with E-state index in [1.54, 1.807) is 0 Å². The van der Waals surface area contributed by atoms with Crippen molar-refractivity contribution < 1.29 is 4.74 Å². The second-order valence-electron chi connectivity index (χ2n) is 4.91. The number of nitrogens with zero attached hydrogens (tertiary/aromatic N) is 1. The molecule has 0 atom stereocenters. The Hall–Kier alpha value is -1.52. The number of likely N-dealkylation sites (N-methyl/N-ethyl adjacent to an activating group) is 1. The lowest BCUT2D eigenvalue weighted by Crippen LogP contribution is -2.27. The third-order valence-corrected chi connectivity index (χ3v) is 3.85. The summed E-state index contributed by atoms with van der Waals surface area (Å²) in [6.07, 6.45) is 0. The lowest BCUT2D eigenvalue weighted by molar-refractivity contribution is 0.210. The fraction of sp³-hybridized carbons (Fsp3) is 0.294. The number of hydrogen-bond acceptors (Lipinski definition) is 3. The lowest BCUT2D eigenvalue weighted by atomic mass is 10.2. The Morgan fingerprint density at radius 1 is 1.05 bits per heavy atom. The molecule has 0 unspecified atom stereocenters. The Labute approximate surface area is 134 Å². The third kappa shape index (κ3) is 5.40. The third-order valence-electron chi connectivity index (χ3n) is 3.32. The van der Waals surface area contributed by atoms with Crippen molar-refractivity contribution in [2.75, 3.05) is 25.4 Å². The van der Waals surface area contributed by atoms with Gasteiger partial charge in [-0.15, -0.1) is 0 Å². The van der Waals surface area contributed by atoms with Crippen LogP contribution in [0.25, 0.3) is 0 Å². The highest BCUT2D eigenvalue weighted by atomic mass is 79.9. The molecule has 4 heteroatoms. The second kappa shape index (κ2) is 8.05. The number of benzene rings is 2. The number of nitrogen functional groups attached to an aromatic ring is 1. The van der Waals surface area contributed by atoms with Gasteiger partial charge in [0.1, 0.15) is 12.4 Å². The normalized spacial score (nSPS) is 10.8. The molecule has 2 N–H and O–H groups in total. The molecule has 0 aromatic heterocycles. The van der Waals surface area contributed by atoms with Gasteiger partial charge in [-0.2, -0.15) is 0 Å². The Morgan fingerprint density at radius 3 is 2.33 bits per heavy atom. The van der Waals surface area contributed by atoms with Crippen LogP contribution < -0.4 is 10.5 Å². The topological polar surface area (TPSA) is 38.5 Å². The van der Waals surface area contributed by atoms with Crippen molar-refractivity contribution >= 4 is 21.6 Å². The van der Waals surface area contributed by atoms with E-state index in [2.05, 4.69) is 39.9 Å². The van der Waals surface area contributed by atoms with Crippen LogP contribution in [0.3, 0.4) is 0 Å². The number of hydrogen-bond donors (Lipinski definition) is 1. The molecule has 0 aliphatic rings. The Bertz CT molecular complexity index is 540. The van der Waals surface area contributed by atoms with Gasteiger partial charge in [-0.25, -0.2) is 0 Å². The molecule has 0 saturated heterocycles. The van der Waals surface area contributed by atoms with Crippen LogP contribution in [-0.4, -0.2) is 24.6 Å².